The third-order valence-corrected chi connectivity index (χ3v) is 4.77. The van der Waals surface area contributed by atoms with Crippen LogP contribution in [0, 0.1) is 0 Å². The first kappa shape index (κ1) is 18.1. The zero-order chi connectivity index (χ0) is 18.5. The minimum Gasteiger partial charge on any atom is -0.353 e. The van der Waals surface area contributed by atoms with Crippen molar-refractivity contribution in [3.05, 3.63) is 54.1 Å². The molecule has 1 fully saturated rings. The van der Waals surface area contributed by atoms with Crippen LogP contribution in [-0.4, -0.2) is 64.4 Å². The first-order valence-electron chi connectivity index (χ1n) is 8.80. The van der Waals surface area contributed by atoms with E-state index in [2.05, 4.69) is 22.4 Å². The normalized spacial score (nSPS) is 17.8. The van der Waals surface area contributed by atoms with E-state index in [4.69, 9.17) is 0 Å². The van der Waals surface area contributed by atoms with Crippen LogP contribution in [0.5, 0.6) is 0 Å². The number of nitrogens with one attached hydrogen (secondary N) is 1. The summed E-state index contributed by atoms with van der Waals surface area (Å²) in [6.45, 7) is 2.52. The monoisotopic (exact) mass is 355 g/mol. The van der Waals surface area contributed by atoms with Crippen molar-refractivity contribution in [2.75, 3.05) is 27.2 Å². The highest BCUT2D eigenvalue weighted by atomic mass is 16.2. The maximum Gasteiger partial charge on any atom is 0.237 e. The molecular formula is C19H25N5O2. The van der Waals surface area contributed by atoms with E-state index in [1.807, 2.05) is 40.9 Å². The van der Waals surface area contributed by atoms with Gasteiger partial charge in [0.05, 0.1) is 19.0 Å². The highest BCUT2D eigenvalue weighted by Crippen LogP contribution is 2.11. The van der Waals surface area contributed by atoms with Gasteiger partial charge in [-0.05, 0) is 12.6 Å². The zero-order valence-electron chi connectivity index (χ0n) is 15.3. The summed E-state index contributed by atoms with van der Waals surface area (Å²) in [7, 11) is 3.63. The van der Waals surface area contributed by atoms with Crippen LogP contribution < -0.4 is 5.32 Å². The molecule has 0 aliphatic carbocycles. The lowest BCUT2D eigenvalue weighted by Gasteiger charge is -2.32. The van der Waals surface area contributed by atoms with Crippen molar-refractivity contribution in [2.24, 2.45) is 0 Å². The van der Waals surface area contributed by atoms with E-state index < -0.39 is 6.04 Å². The lowest BCUT2D eigenvalue weighted by atomic mass is 10.1. The number of aromatic nitrogens is 2. The van der Waals surface area contributed by atoms with Gasteiger partial charge in [0, 0.05) is 39.1 Å². The number of amides is 2. The minimum atomic E-state index is -0.400. The molecule has 2 heterocycles. The SMILES string of the molecule is CN(Cc1nccn1Cc1ccccc1)C(=O)C[C@@H]1C(=O)NCCN1C. The number of hydrogen-bond donors (Lipinski definition) is 1. The van der Waals surface area contributed by atoms with Crippen LogP contribution in [0.3, 0.4) is 0 Å². The van der Waals surface area contributed by atoms with Gasteiger partial charge in [-0.25, -0.2) is 4.98 Å². The highest BCUT2D eigenvalue weighted by Gasteiger charge is 2.30. The maximum absolute atomic E-state index is 12.6. The van der Waals surface area contributed by atoms with E-state index in [0.717, 1.165) is 12.4 Å². The summed E-state index contributed by atoms with van der Waals surface area (Å²) >= 11 is 0. The Morgan fingerprint density at radius 3 is 2.85 bits per heavy atom. The van der Waals surface area contributed by atoms with Crippen LogP contribution in [0.25, 0.3) is 0 Å². The standard InChI is InChI=1S/C19H25N5O2/c1-22-10-8-21-19(26)16(22)12-18(25)23(2)14-17-20-9-11-24(17)13-15-6-4-3-5-7-15/h3-7,9,11,16H,8,10,12-14H2,1-2H3,(H,21,26)/t16-/m1/s1. The van der Waals surface area contributed by atoms with Gasteiger partial charge >= 0.3 is 0 Å². The number of rotatable bonds is 6. The first-order valence-corrected chi connectivity index (χ1v) is 8.80. The molecule has 26 heavy (non-hydrogen) atoms. The fourth-order valence-corrected chi connectivity index (χ4v) is 3.12. The van der Waals surface area contributed by atoms with Crippen LogP contribution in [0.4, 0.5) is 0 Å². The average molecular weight is 355 g/mol. The molecule has 0 saturated carbocycles. The fraction of sp³-hybridized carbons (Fsp3) is 0.421. The first-order chi connectivity index (χ1) is 12.5. The Kier molecular flexibility index (Phi) is 5.68. The fourth-order valence-electron chi connectivity index (χ4n) is 3.12. The van der Waals surface area contributed by atoms with Crippen molar-refractivity contribution in [3.8, 4) is 0 Å². The van der Waals surface area contributed by atoms with E-state index in [1.165, 1.54) is 5.56 Å². The molecule has 3 rings (SSSR count). The number of imidazole rings is 1. The van der Waals surface area contributed by atoms with Gasteiger partial charge in [0.15, 0.2) is 0 Å². The molecule has 1 atom stereocenters. The lowest BCUT2D eigenvalue weighted by molar-refractivity contribution is -0.137. The Bertz CT molecular complexity index is 758. The second-order valence-corrected chi connectivity index (χ2v) is 6.70. The van der Waals surface area contributed by atoms with Crippen LogP contribution >= 0.6 is 0 Å². The largest absolute Gasteiger partial charge is 0.353 e. The molecule has 138 valence electrons. The number of carbonyl (C=O) groups excluding carboxylic acids is 2. The Hall–Kier alpha value is -2.67. The van der Waals surface area contributed by atoms with Gasteiger partial charge in [-0.3, -0.25) is 14.5 Å². The number of hydrogen-bond acceptors (Lipinski definition) is 4. The maximum atomic E-state index is 12.6. The van der Waals surface area contributed by atoms with Crippen LogP contribution in [0.1, 0.15) is 17.8 Å². The number of nitrogens with zero attached hydrogens (tertiary/aromatic N) is 4. The summed E-state index contributed by atoms with van der Waals surface area (Å²) in [5, 5.41) is 2.82. The second kappa shape index (κ2) is 8.14. The molecular weight excluding hydrogens is 330 g/mol. The Labute approximate surface area is 153 Å². The molecule has 1 aromatic heterocycles. The van der Waals surface area contributed by atoms with E-state index in [-0.39, 0.29) is 18.2 Å². The van der Waals surface area contributed by atoms with Crippen molar-refractivity contribution < 1.29 is 9.59 Å². The molecule has 0 spiro atoms. The van der Waals surface area contributed by atoms with E-state index in [9.17, 15) is 9.59 Å². The topological polar surface area (TPSA) is 70.5 Å². The zero-order valence-corrected chi connectivity index (χ0v) is 15.3. The smallest absolute Gasteiger partial charge is 0.237 e. The van der Waals surface area contributed by atoms with Gasteiger partial charge in [-0.1, -0.05) is 30.3 Å². The Morgan fingerprint density at radius 1 is 1.35 bits per heavy atom. The van der Waals surface area contributed by atoms with E-state index >= 15 is 0 Å². The number of benzene rings is 1. The van der Waals surface area contributed by atoms with Crippen LogP contribution in [-0.2, 0) is 22.7 Å². The van der Waals surface area contributed by atoms with Crippen molar-refractivity contribution >= 4 is 11.8 Å². The van der Waals surface area contributed by atoms with Crippen molar-refractivity contribution in [1.29, 1.82) is 0 Å². The van der Waals surface area contributed by atoms with Crippen LogP contribution in [0.2, 0.25) is 0 Å². The van der Waals surface area contributed by atoms with Gasteiger partial charge in [0.2, 0.25) is 11.8 Å². The number of piperazine rings is 1. The molecule has 2 amide bonds. The third kappa shape index (κ3) is 4.29. The van der Waals surface area contributed by atoms with Crippen molar-refractivity contribution in [1.82, 2.24) is 24.7 Å². The average Bonchev–Trinajstić information content (AvgIpc) is 3.05. The van der Waals surface area contributed by atoms with E-state index in [0.29, 0.717) is 19.6 Å². The predicted octanol–water partition coefficient (Wildman–Crippen LogP) is 0.710. The van der Waals surface area contributed by atoms with Crippen molar-refractivity contribution in [3.63, 3.8) is 0 Å². The summed E-state index contributed by atoms with van der Waals surface area (Å²) < 4.78 is 2.04. The molecule has 1 aliphatic heterocycles. The molecule has 7 heteroatoms. The Balaban J connectivity index is 1.61. The number of likely N-dealkylation sites (N-methyl/N-ethyl adjacent to an activating group) is 1. The third-order valence-electron chi connectivity index (χ3n) is 4.77. The molecule has 1 aliphatic rings. The minimum absolute atomic E-state index is 0.0619. The van der Waals surface area contributed by atoms with Crippen LogP contribution in [0.15, 0.2) is 42.7 Å². The predicted molar refractivity (Wildman–Crippen MR) is 98.3 cm³/mol. The van der Waals surface area contributed by atoms with Gasteiger partial charge < -0.3 is 14.8 Å². The quantitative estimate of drug-likeness (QED) is 0.829. The molecule has 1 aromatic carbocycles. The second-order valence-electron chi connectivity index (χ2n) is 6.70. The molecule has 1 saturated heterocycles. The molecule has 0 radical (unpaired) electrons. The Morgan fingerprint density at radius 2 is 2.12 bits per heavy atom. The van der Waals surface area contributed by atoms with Crippen molar-refractivity contribution in [2.45, 2.75) is 25.6 Å². The summed E-state index contributed by atoms with van der Waals surface area (Å²) in [5.41, 5.74) is 1.18. The lowest BCUT2D eigenvalue weighted by Crippen LogP contribution is -2.54. The highest BCUT2D eigenvalue weighted by molar-refractivity contribution is 5.88. The molecule has 0 bridgehead atoms. The van der Waals surface area contributed by atoms with Gasteiger partial charge in [-0.15, -0.1) is 0 Å². The molecule has 0 unspecified atom stereocenters. The number of carbonyl (C=O) groups is 2. The molecule has 1 N–H and O–H groups in total. The summed E-state index contributed by atoms with van der Waals surface area (Å²) in [4.78, 5) is 32.5. The van der Waals surface area contributed by atoms with Gasteiger partial charge in [0.1, 0.15) is 5.82 Å². The molecule has 2 aromatic rings. The van der Waals surface area contributed by atoms with E-state index in [1.54, 1.807) is 18.1 Å². The van der Waals surface area contributed by atoms with Gasteiger partial charge in [-0.2, -0.15) is 0 Å². The van der Waals surface area contributed by atoms with Gasteiger partial charge in [0.25, 0.3) is 0 Å². The molecule has 7 nitrogen and oxygen atoms in total. The summed E-state index contributed by atoms with van der Waals surface area (Å²) in [6, 6.07) is 9.73. The summed E-state index contributed by atoms with van der Waals surface area (Å²) in [5.74, 6) is 0.686. The summed E-state index contributed by atoms with van der Waals surface area (Å²) in [6.07, 6.45) is 3.85.